The predicted molar refractivity (Wildman–Crippen MR) is 68.8 cm³/mol. The molecule has 2 N–H and O–H groups in total. The third kappa shape index (κ3) is 2.26. The van der Waals surface area contributed by atoms with E-state index in [9.17, 15) is 0 Å². The lowest BCUT2D eigenvalue weighted by atomic mass is 10.1. The van der Waals surface area contributed by atoms with Crippen molar-refractivity contribution in [3.63, 3.8) is 0 Å². The van der Waals surface area contributed by atoms with Crippen LogP contribution in [0.5, 0.6) is 5.75 Å². The summed E-state index contributed by atoms with van der Waals surface area (Å²) in [5.74, 6) is 0.783. The van der Waals surface area contributed by atoms with Gasteiger partial charge in [0.05, 0.1) is 13.2 Å². The SMILES string of the molecule is COc1ccc(Br)cc1C(N)c1nccs1. The van der Waals surface area contributed by atoms with Gasteiger partial charge in [-0.3, -0.25) is 0 Å². The molecule has 16 heavy (non-hydrogen) atoms. The lowest BCUT2D eigenvalue weighted by Gasteiger charge is -2.13. The molecule has 1 heterocycles. The van der Waals surface area contributed by atoms with Crippen molar-refractivity contribution in [3.8, 4) is 5.75 Å². The minimum absolute atomic E-state index is 0.243. The van der Waals surface area contributed by atoms with E-state index in [2.05, 4.69) is 20.9 Å². The number of methoxy groups -OCH3 is 1. The van der Waals surface area contributed by atoms with Crippen molar-refractivity contribution in [2.24, 2.45) is 5.73 Å². The van der Waals surface area contributed by atoms with Crippen LogP contribution in [0.25, 0.3) is 0 Å². The molecule has 1 unspecified atom stereocenters. The zero-order chi connectivity index (χ0) is 11.5. The summed E-state index contributed by atoms with van der Waals surface area (Å²) in [6.07, 6.45) is 1.75. The number of hydrogen-bond acceptors (Lipinski definition) is 4. The van der Waals surface area contributed by atoms with E-state index in [0.717, 1.165) is 20.8 Å². The Balaban J connectivity index is 2.42. The summed E-state index contributed by atoms with van der Waals surface area (Å²) < 4.78 is 6.28. The molecule has 0 amide bonds. The summed E-state index contributed by atoms with van der Waals surface area (Å²) in [5.41, 5.74) is 7.09. The van der Waals surface area contributed by atoms with Crippen LogP contribution in [-0.2, 0) is 0 Å². The second kappa shape index (κ2) is 4.95. The largest absolute Gasteiger partial charge is 0.496 e. The molecule has 0 saturated heterocycles. The number of ether oxygens (including phenoxy) is 1. The smallest absolute Gasteiger partial charge is 0.124 e. The fourth-order valence-corrected chi connectivity index (χ4v) is 2.50. The zero-order valence-corrected chi connectivity index (χ0v) is 11.1. The van der Waals surface area contributed by atoms with Crippen LogP contribution in [0.4, 0.5) is 0 Å². The lowest BCUT2D eigenvalue weighted by Crippen LogP contribution is -2.12. The molecule has 2 aromatic rings. The van der Waals surface area contributed by atoms with Crippen LogP contribution >= 0.6 is 27.3 Å². The van der Waals surface area contributed by atoms with Crippen LogP contribution in [0.3, 0.4) is 0 Å². The van der Waals surface area contributed by atoms with Gasteiger partial charge in [0, 0.05) is 21.6 Å². The van der Waals surface area contributed by atoms with Crippen molar-refractivity contribution in [1.82, 2.24) is 4.98 Å². The van der Waals surface area contributed by atoms with E-state index in [1.54, 1.807) is 24.6 Å². The molecule has 84 valence electrons. The van der Waals surface area contributed by atoms with Crippen molar-refractivity contribution in [3.05, 3.63) is 44.8 Å². The van der Waals surface area contributed by atoms with Gasteiger partial charge in [0.25, 0.3) is 0 Å². The zero-order valence-electron chi connectivity index (χ0n) is 8.68. The molecule has 0 bridgehead atoms. The second-order valence-electron chi connectivity index (χ2n) is 3.23. The van der Waals surface area contributed by atoms with Crippen LogP contribution in [0.2, 0.25) is 0 Å². The van der Waals surface area contributed by atoms with Gasteiger partial charge in [-0.1, -0.05) is 15.9 Å². The number of thiazole rings is 1. The number of aromatic nitrogens is 1. The molecule has 0 aliphatic carbocycles. The molecule has 1 aromatic heterocycles. The Morgan fingerprint density at radius 3 is 2.94 bits per heavy atom. The fraction of sp³-hybridized carbons (Fsp3) is 0.182. The standard InChI is InChI=1S/C11H11BrN2OS/c1-15-9-3-2-7(12)6-8(9)10(13)11-14-4-5-16-11/h2-6,10H,13H2,1H3. The third-order valence-corrected chi connectivity index (χ3v) is 3.60. The number of nitrogens with zero attached hydrogens (tertiary/aromatic N) is 1. The van der Waals surface area contributed by atoms with Crippen LogP contribution < -0.4 is 10.5 Å². The molecule has 0 aliphatic heterocycles. The van der Waals surface area contributed by atoms with Crippen LogP contribution in [-0.4, -0.2) is 12.1 Å². The van der Waals surface area contributed by atoms with Crippen molar-refractivity contribution in [2.45, 2.75) is 6.04 Å². The number of rotatable bonds is 3. The number of hydrogen-bond donors (Lipinski definition) is 1. The number of nitrogens with two attached hydrogens (primary N) is 1. The molecular formula is C11H11BrN2OS. The highest BCUT2D eigenvalue weighted by Gasteiger charge is 2.16. The Kier molecular flexibility index (Phi) is 3.58. The molecule has 0 spiro atoms. The van der Waals surface area contributed by atoms with Gasteiger partial charge in [-0.15, -0.1) is 11.3 Å². The maximum Gasteiger partial charge on any atom is 0.124 e. The van der Waals surface area contributed by atoms with E-state index in [1.807, 2.05) is 23.6 Å². The Labute approximate surface area is 106 Å². The van der Waals surface area contributed by atoms with E-state index in [-0.39, 0.29) is 6.04 Å². The molecular weight excluding hydrogens is 288 g/mol. The van der Waals surface area contributed by atoms with E-state index in [4.69, 9.17) is 10.5 Å². The first-order valence-corrected chi connectivity index (χ1v) is 6.38. The Bertz CT molecular complexity index is 473. The molecule has 1 atom stereocenters. The van der Waals surface area contributed by atoms with Crippen molar-refractivity contribution >= 4 is 27.3 Å². The quantitative estimate of drug-likeness (QED) is 0.948. The van der Waals surface area contributed by atoms with Gasteiger partial charge in [-0.25, -0.2) is 4.98 Å². The highest BCUT2D eigenvalue weighted by atomic mass is 79.9. The summed E-state index contributed by atoms with van der Waals surface area (Å²) >= 11 is 4.97. The monoisotopic (exact) mass is 298 g/mol. The minimum atomic E-state index is -0.243. The third-order valence-electron chi connectivity index (χ3n) is 2.24. The summed E-state index contributed by atoms with van der Waals surface area (Å²) in [6, 6.07) is 5.54. The predicted octanol–water partition coefficient (Wildman–Crippen LogP) is 2.96. The first-order chi connectivity index (χ1) is 7.72. The molecule has 0 aliphatic rings. The molecule has 3 nitrogen and oxygen atoms in total. The van der Waals surface area contributed by atoms with Crippen molar-refractivity contribution in [2.75, 3.05) is 7.11 Å². The van der Waals surface area contributed by atoms with E-state index >= 15 is 0 Å². The molecule has 5 heteroatoms. The summed E-state index contributed by atoms with van der Waals surface area (Å²) in [4.78, 5) is 4.22. The highest BCUT2D eigenvalue weighted by Crippen LogP contribution is 2.31. The second-order valence-corrected chi connectivity index (χ2v) is 5.08. The first kappa shape index (κ1) is 11.6. The summed E-state index contributed by atoms with van der Waals surface area (Å²) in [7, 11) is 1.64. The average molecular weight is 299 g/mol. The average Bonchev–Trinajstić information content (AvgIpc) is 2.81. The fourth-order valence-electron chi connectivity index (χ4n) is 1.47. The normalized spacial score (nSPS) is 12.4. The number of halogens is 1. The van der Waals surface area contributed by atoms with E-state index in [0.29, 0.717) is 0 Å². The molecule has 1 aromatic carbocycles. The van der Waals surface area contributed by atoms with Gasteiger partial charge >= 0.3 is 0 Å². The van der Waals surface area contributed by atoms with E-state index in [1.165, 1.54) is 0 Å². The number of benzene rings is 1. The molecule has 0 saturated carbocycles. The summed E-state index contributed by atoms with van der Waals surface area (Å²) in [6.45, 7) is 0. The molecule has 0 fully saturated rings. The van der Waals surface area contributed by atoms with Crippen molar-refractivity contribution in [1.29, 1.82) is 0 Å². The van der Waals surface area contributed by atoms with Gasteiger partial charge in [-0.05, 0) is 18.2 Å². The van der Waals surface area contributed by atoms with Gasteiger partial charge in [0.1, 0.15) is 10.8 Å². The minimum Gasteiger partial charge on any atom is -0.496 e. The van der Waals surface area contributed by atoms with Crippen molar-refractivity contribution < 1.29 is 4.74 Å². The maximum atomic E-state index is 6.15. The highest BCUT2D eigenvalue weighted by molar-refractivity contribution is 9.10. The maximum absolute atomic E-state index is 6.15. The summed E-state index contributed by atoms with van der Waals surface area (Å²) in [5, 5.41) is 2.80. The Morgan fingerprint density at radius 2 is 2.31 bits per heavy atom. The topological polar surface area (TPSA) is 48.1 Å². The first-order valence-electron chi connectivity index (χ1n) is 4.71. The van der Waals surface area contributed by atoms with Gasteiger partial charge in [0.15, 0.2) is 0 Å². The van der Waals surface area contributed by atoms with Gasteiger partial charge in [-0.2, -0.15) is 0 Å². The van der Waals surface area contributed by atoms with Crippen LogP contribution in [0, 0.1) is 0 Å². The van der Waals surface area contributed by atoms with Gasteiger partial charge in [0.2, 0.25) is 0 Å². The Morgan fingerprint density at radius 1 is 1.50 bits per heavy atom. The molecule has 2 rings (SSSR count). The van der Waals surface area contributed by atoms with Crippen LogP contribution in [0.15, 0.2) is 34.2 Å². The van der Waals surface area contributed by atoms with Gasteiger partial charge < -0.3 is 10.5 Å². The van der Waals surface area contributed by atoms with Crippen LogP contribution in [0.1, 0.15) is 16.6 Å². The molecule has 0 radical (unpaired) electrons. The van der Waals surface area contributed by atoms with E-state index < -0.39 is 0 Å². The Hall–Kier alpha value is -0.910. The lowest BCUT2D eigenvalue weighted by molar-refractivity contribution is 0.407.